The van der Waals surface area contributed by atoms with Crippen molar-refractivity contribution in [2.45, 2.75) is 39.5 Å². The highest BCUT2D eigenvalue weighted by Crippen LogP contribution is 2.41. The zero-order valence-corrected chi connectivity index (χ0v) is 19.9. The zero-order chi connectivity index (χ0) is 22.8. The molecule has 4 rings (SSSR count). The van der Waals surface area contributed by atoms with Gasteiger partial charge >= 0.3 is 0 Å². The molecule has 3 aromatic carbocycles. The number of allylic oxidation sites excluding steroid dienone is 2. The molecule has 166 valence electrons. The lowest BCUT2D eigenvalue weighted by Gasteiger charge is -2.18. The molecule has 3 heteroatoms. The van der Waals surface area contributed by atoms with Crippen LogP contribution in [0.2, 0.25) is 0 Å². The summed E-state index contributed by atoms with van der Waals surface area (Å²) in [5.41, 5.74) is 10.8. The molecule has 0 aliphatic heterocycles. The molecule has 1 atom stereocenters. The van der Waals surface area contributed by atoms with Gasteiger partial charge in [0, 0.05) is 5.92 Å². The fraction of sp³-hybridized carbons (Fsp3) is 0.310. The van der Waals surface area contributed by atoms with Gasteiger partial charge < -0.3 is 14.2 Å². The molecule has 0 bridgehead atoms. The third-order valence-electron chi connectivity index (χ3n) is 6.62. The quantitative estimate of drug-likeness (QED) is 0.421. The number of fused-ring (bicyclic) bond motifs is 1. The third kappa shape index (κ3) is 4.12. The number of aryl methyl sites for hydroxylation is 2. The number of rotatable bonds is 7. The largest absolute Gasteiger partial charge is 0.493 e. The molecule has 0 saturated carbocycles. The number of ether oxygens (including phenoxy) is 3. The summed E-state index contributed by atoms with van der Waals surface area (Å²) in [6, 6.07) is 17.7. The predicted molar refractivity (Wildman–Crippen MR) is 131 cm³/mol. The van der Waals surface area contributed by atoms with Gasteiger partial charge in [0.05, 0.1) is 21.3 Å². The second kappa shape index (κ2) is 9.12. The normalized spacial score (nSPS) is 13.4. The Hall–Kier alpha value is -3.20. The van der Waals surface area contributed by atoms with Crippen molar-refractivity contribution in [2.75, 3.05) is 21.3 Å². The Balaban J connectivity index is 1.61. The zero-order valence-electron chi connectivity index (χ0n) is 19.9. The van der Waals surface area contributed by atoms with Crippen LogP contribution in [-0.2, 0) is 12.8 Å². The van der Waals surface area contributed by atoms with Gasteiger partial charge in [-0.25, -0.2) is 0 Å². The van der Waals surface area contributed by atoms with E-state index in [4.69, 9.17) is 14.2 Å². The number of hydrogen-bond donors (Lipinski definition) is 0. The summed E-state index contributed by atoms with van der Waals surface area (Å²) < 4.78 is 16.5. The molecule has 0 aromatic heterocycles. The van der Waals surface area contributed by atoms with E-state index in [-0.39, 0.29) is 0 Å². The van der Waals surface area contributed by atoms with E-state index >= 15 is 0 Å². The van der Waals surface area contributed by atoms with Crippen LogP contribution in [0.4, 0.5) is 0 Å². The SMILES string of the molecule is COc1cc(Cc2cccc(C(C)C3=CCc4cc(C)c(C)cc43)c2)cc(OC)c1OC. The minimum absolute atomic E-state index is 0.346. The van der Waals surface area contributed by atoms with Gasteiger partial charge in [0.15, 0.2) is 11.5 Å². The Morgan fingerprint density at radius 3 is 2.16 bits per heavy atom. The second-order valence-electron chi connectivity index (χ2n) is 8.63. The first-order valence-electron chi connectivity index (χ1n) is 11.1. The lowest BCUT2D eigenvalue weighted by Crippen LogP contribution is -2.00. The second-order valence-corrected chi connectivity index (χ2v) is 8.63. The lowest BCUT2D eigenvalue weighted by molar-refractivity contribution is 0.324. The Morgan fingerprint density at radius 2 is 1.50 bits per heavy atom. The first kappa shape index (κ1) is 22.0. The van der Waals surface area contributed by atoms with E-state index in [9.17, 15) is 0 Å². The highest BCUT2D eigenvalue weighted by molar-refractivity contribution is 5.78. The molecule has 0 heterocycles. The summed E-state index contributed by atoms with van der Waals surface area (Å²) in [5, 5.41) is 0. The van der Waals surface area contributed by atoms with Crippen LogP contribution < -0.4 is 14.2 Å². The fourth-order valence-electron chi connectivity index (χ4n) is 4.68. The summed E-state index contributed by atoms with van der Waals surface area (Å²) in [7, 11) is 4.93. The predicted octanol–water partition coefficient (Wildman–Crippen LogP) is 6.66. The average Bonchev–Trinajstić information content (AvgIpc) is 3.20. The molecule has 1 aliphatic carbocycles. The fourth-order valence-corrected chi connectivity index (χ4v) is 4.68. The molecule has 1 aliphatic rings. The minimum Gasteiger partial charge on any atom is -0.493 e. The Labute approximate surface area is 191 Å². The van der Waals surface area contributed by atoms with E-state index in [0.717, 1.165) is 18.4 Å². The molecule has 3 nitrogen and oxygen atoms in total. The number of methoxy groups -OCH3 is 3. The number of benzene rings is 3. The molecule has 0 fully saturated rings. The van der Waals surface area contributed by atoms with Crippen LogP contribution in [0.5, 0.6) is 17.2 Å². The highest BCUT2D eigenvalue weighted by atomic mass is 16.5. The van der Waals surface area contributed by atoms with Crippen molar-refractivity contribution in [3.8, 4) is 17.2 Å². The Kier molecular flexibility index (Phi) is 6.27. The minimum atomic E-state index is 0.346. The molecule has 3 aromatic rings. The van der Waals surface area contributed by atoms with Crippen LogP contribution >= 0.6 is 0 Å². The van der Waals surface area contributed by atoms with Crippen molar-refractivity contribution >= 4 is 5.57 Å². The summed E-state index contributed by atoms with van der Waals surface area (Å²) in [6.07, 6.45) is 4.23. The first-order valence-corrected chi connectivity index (χ1v) is 11.1. The van der Waals surface area contributed by atoms with Gasteiger partial charge in [-0.3, -0.25) is 0 Å². The average molecular weight is 429 g/mol. The lowest BCUT2D eigenvalue weighted by atomic mass is 9.87. The first-order chi connectivity index (χ1) is 15.4. The van der Waals surface area contributed by atoms with Gasteiger partial charge in [0.2, 0.25) is 5.75 Å². The van der Waals surface area contributed by atoms with Gasteiger partial charge in [-0.1, -0.05) is 49.4 Å². The van der Waals surface area contributed by atoms with Crippen molar-refractivity contribution in [3.63, 3.8) is 0 Å². The summed E-state index contributed by atoms with van der Waals surface area (Å²) >= 11 is 0. The van der Waals surface area contributed by atoms with E-state index in [1.807, 2.05) is 12.1 Å². The van der Waals surface area contributed by atoms with Crippen molar-refractivity contribution in [3.05, 3.63) is 93.6 Å². The molecular weight excluding hydrogens is 396 g/mol. The molecular formula is C29H32O3. The van der Waals surface area contributed by atoms with Crippen molar-refractivity contribution in [1.82, 2.24) is 0 Å². The van der Waals surface area contributed by atoms with E-state index in [2.05, 4.69) is 63.2 Å². The molecule has 0 radical (unpaired) electrons. The van der Waals surface area contributed by atoms with Crippen LogP contribution in [0, 0.1) is 13.8 Å². The monoisotopic (exact) mass is 428 g/mol. The summed E-state index contributed by atoms with van der Waals surface area (Å²) in [6.45, 7) is 6.71. The smallest absolute Gasteiger partial charge is 0.203 e. The molecule has 0 N–H and O–H groups in total. The van der Waals surface area contributed by atoms with Crippen LogP contribution in [0.1, 0.15) is 51.8 Å². The van der Waals surface area contributed by atoms with Crippen LogP contribution in [0.15, 0.2) is 54.6 Å². The molecule has 0 saturated heterocycles. The van der Waals surface area contributed by atoms with Gasteiger partial charge in [-0.2, -0.15) is 0 Å². The van der Waals surface area contributed by atoms with Crippen LogP contribution in [0.3, 0.4) is 0 Å². The summed E-state index contributed by atoms with van der Waals surface area (Å²) in [5.74, 6) is 2.34. The van der Waals surface area contributed by atoms with Gasteiger partial charge in [-0.15, -0.1) is 0 Å². The van der Waals surface area contributed by atoms with E-state index in [0.29, 0.717) is 23.2 Å². The third-order valence-corrected chi connectivity index (χ3v) is 6.62. The highest BCUT2D eigenvalue weighted by Gasteiger charge is 2.21. The van der Waals surface area contributed by atoms with Crippen LogP contribution in [0.25, 0.3) is 5.57 Å². The van der Waals surface area contributed by atoms with E-state index in [1.165, 1.54) is 39.0 Å². The molecule has 0 spiro atoms. The van der Waals surface area contributed by atoms with E-state index < -0.39 is 0 Å². The van der Waals surface area contributed by atoms with Crippen molar-refractivity contribution < 1.29 is 14.2 Å². The van der Waals surface area contributed by atoms with Crippen molar-refractivity contribution in [1.29, 1.82) is 0 Å². The molecule has 32 heavy (non-hydrogen) atoms. The van der Waals surface area contributed by atoms with E-state index in [1.54, 1.807) is 21.3 Å². The maximum atomic E-state index is 5.53. The van der Waals surface area contributed by atoms with Crippen LogP contribution in [-0.4, -0.2) is 21.3 Å². The standard InChI is InChI=1S/C29H32O3/c1-18-12-24-10-11-25(26(24)13-19(18)2)20(3)23-9-7-8-21(15-23)14-22-16-27(30-4)29(32-6)28(17-22)31-5/h7-9,11-13,15-17,20H,10,14H2,1-6H3. The van der Waals surface area contributed by atoms with Gasteiger partial charge in [0.25, 0.3) is 0 Å². The van der Waals surface area contributed by atoms with Crippen molar-refractivity contribution in [2.24, 2.45) is 0 Å². The van der Waals surface area contributed by atoms with Gasteiger partial charge in [0.1, 0.15) is 0 Å². The Bertz CT molecular complexity index is 1150. The number of hydrogen-bond acceptors (Lipinski definition) is 3. The maximum Gasteiger partial charge on any atom is 0.203 e. The topological polar surface area (TPSA) is 27.7 Å². The summed E-state index contributed by atoms with van der Waals surface area (Å²) in [4.78, 5) is 0. The molecule has 0 amide bonds. The maximum absolute atomic E-state index is 5.53. The van der Waals surface area contributed by atoms with Gasteiger partial charge in [-0.05, 0) is 83.3 Å². The Morgan fingerprint density at radius 1 is 0.812 bits per heavy atom. The molecule has 1 unspecified atom stereocenters.